The standard InChI is InChI=1S/C14H23N3O3S/c1-3-19-8-9-20-11-4-6-17(7-5-11)13(18)12-10(2)16-14(15)21-12/h11H,3-9H2,1-2H3,(H2,15,16). The maximum atomic E-state index is 12.4. The summed E-state index contributed by atoms with van der Waals surface area (Å²) in [5.74, 6) is 0.0365. The number of nitrogens with two attached hydrogens (primary N) is 1. The van der Waals surface area contributed by atoms with Gasteiger partial charge in [-0.25, -0.2) is 4.98 Å². The molecule has 1 fully saturated rings. The van der Waals surface area contributed by atoms with Gasteiger partial charge in [-0.2, -0.15) is 0 Å². The molecule has 6 nitrogen and oxygen atoms in total. The monoisotopic (exact) mass is 313 g/mol. The van der Waals surface area contributed by atoms with Crippen molar-refractivity contribution in [2.75, 3.05) is 38.6 Å². The van der Waals surface area contributed by atoms with Gasteiger partial charge in [0, 0.05) is 19.7 Å². The third-order valence-electron chi connectivity index (χ3n) is 3.52. The number of aromatic nitrogens is 1. The molecule has 1 aromatic heterocycles. The second-order valence-corrected chi connectivity index (χ2v) is 6.06. The Morgan fingerprint density at radius 1 is 1.43 bits per heavy atom. The van der Waals surface area contributed by atoms with Gasteiger partial charge < -0.3 is 20.1 Å². The zero-order chi connectivity index (χ0) is 15.2. The summed E-state index contributed by atoms with van der Waals surface area (Å²) < 4.78 is 11.0. The van der Waals surface area contributed by atoms with E-state index in [0.717, 1.165) is 31.6 Å². The molecular formula is C14H23N3O3S. The average Bonchev–Trinajstić information content (AvgIpc) is 2.82. The van der Waals surface area contributed by atoms with Crippen LogP contribution in [0.15, 0.2) is 0 Å². The number of piperidine rings is 1. The number of thiazole rings is 1. The third-order valence-corrected chi connectivity index (χ3v) is 4.50. The predicted molar refractivity (Wildman–Crippen MR) is 82.6 cm³/mol. The lowest BCUT2D eigenvalue weighted by Gasteiger charge is -2.31. The molecule has 0 bridgehead atoms. The molecule has 21 heavy (non-hydrogen) atoms. The van der Waals surface area contributed by atoms with Crippen LogP contribution in [0, 0.1) is 6.92 Å². The van der Waals surface area contributed by atoms with E-state index in [0.29, 0.717) is 29.8 Å². The van der Waals surface area contributed by atoms with Crippen molar-refractivity contribution in [3.63, 3.8) is 0 Å². The summed E-state index contributed by atoms with van der Waals surface area (Å²) in [5.41, 5.74) is 6.37. The molecule has 118 valence electrons. The highest BCUT2D eigenvalue weighted by atomic mass is 32.1. The van der Waals surface area contributed by atoms with E-state index in [9.17, 15) is 4.79 Å². The van der Waals surface area contributed by atoms with E-state index in [4.69, 9.17) is 15.2 Å². The Bertz CT molecular complexity index is 470. The number of nitrogens with zero attached hydrogens (tertiary/aromatic N) is 2. The van der Waals surface area contributed by atoms with E-state index in [2.05, 4.69) is 4.98 Å². The van der Waals surface area contributed by atoms with Crippen LogP contribution in [0.3, 0.4) is 0 Å². The van der Waals surface area contributed by atoms with Gasteiger partial charge in [-0.1, -0.05) is 11.3 Å². The number of hydrogen-bond donors (Lipinski definition) is 1. The Kier molecular flexibility index (Phi) is 5.96. The lowest BCUT2D eigenvalue weighted by molar-refractivity contribution is -0.0182. The van der Waals surface area contributed by atoms with Gasteiger partial charge >= 0.3 is 0 Å². The molecule has 2 heterocycles. The molecule has 2 N–H and O–H groups in total. The fourth-order valence-corrected chi connectivity index (χ4v) is 3.20. The van der Waals surface area contributed by atoms with Crippen LogP contribution in [0.1, 0.15) is 35.1 Å². The van der Waals surface area contributed by atoms with Crippen molar-refractivity contribution in [3.05, 3.63) is 10.6 Å². The molecule has 1 aliphatic heterocycles. The molecule has 0 saturated carbocycles. The van der Waals surface area contributed by atoms with E-state index < -0.39 is 0 Å². The second-order valence-electron chi connectivity index (χ2n) is 5.03. The minimum Gasteiger partial charge on any atom is -0.379 e. The number of carbonyl (C=O) groups excluding carboxylic acids is 1. The van der Waals surface area contributed by atoms with E-state index in [1.165, 1.54) is 11.3 Å². The number of nitrogen functional groups attached to an aromatic ring is 1. The average molecular weight is 313 g/mol. The fraction of sp³-hybridized carbons (Fsp3) is 0.714. The molecular weight excluding hydrogens is 290 g/mol. The lowest BCUT2D eigenvalue weighted by atomic mass is 10.1. The summed E-state index contributed by atoms with van der Waals surface area (Å²) in [6.45, 7) is 7.20. The Hall–Kier alpha value is -1.18. The van der Waals surface area contributed by atoms with Crippen molar-refractivity contribution in [1.29, 1.82) is 0 Å². The van der Waals surface area contributed by atoms with Gasteiger partial charge in [0.2, 0.25) is 0 Å². The highest BCUT2D eigenvalue weighted by Gasteiger charge is 2.26. The third kappa shape index (κ3) is 4.39. The fourth-order valence-electron chi connectivity index (χ4n) is 2.40. The van der Waals surface area contributed by atoms with E-state index in [1.54, 1.807) is 0 Å². The zero-order valence-electron chi connectivity index (χ0n) is 12.6. The largest absolute Gasteiger partial charge is 0.379 e. The topological polar surface area (TPSA) is 77.7 Å². The van der Waals surface area contributed by atoms with Crippen LogP contribution in [0.25, 0.3) is 0 Å². The number of rotatable bonds is 6. The first-order valence-corrected chi connectivity index (χ1v) is 8.15. The van der Waals surface area contributed by atoms with Crippen LogP contribution in [-0.4, -0.2) is 54.8 Å². The number of amides is 1. The van der Waals surface area contributed by atoms with Gasteiger partial charge in [0.25, 0.3) is 5.91 Å². The number of hydrogen-bond acceptors (Lipinski definition) is 6. The first kappa shape index (κ1) is 16.2. The normalized spacial score (nSPS) is 16.4. The van der Waals surface area contributed by atoms with Crippen LogP contribution < -0.4 is 5.73 Å². The quantitative estimate of drug-likeness (QED) is 0.809. The van der Waals surface area contributed by atoms with E-state index in [-0.39, 0.29) is 12.0 Å². The number of likely N-dealkylation sites (tertiary alicyclic amines) is 1. The van der Waals surface area contributed by atoms with Gasteiger partial charge in [-0.3, -0.25) is 4.79 Å². The lowest BCUT2D eigenvalue weighted by Crippen LogP contribution is -2.41. The molecule has 7 heteroatoms. The summed E-state index contributed by atoms with van der Waals surface area (Å²) >= 11 is 1.26. The maximum absolute atomic E-state index is 12.4. The Morgan fingerprint density at radius 3 is 2.71 bits per heavy atom. The first-order valence-electron chi connectivity index (χ1n) is 7.33. The Balaban J connectivity index is 1.78. The Labute approximate surface area is 129 Å². The van der Waals surface area contributed by atoms with Crippen molar-refractivity contribution in [2.24, 2.45) is 0 Å². The summed E-state index contributed by atoms with van der Waals surface area (Å²) in [7, 11) is 0. The highest BCUT2D eigenvalue weighted by Crippen LogP contribution is 2.23. The minimum atomic E-state index is 0.0365. The predicted octanol–water partition coefficient (Wildman–Crippen LogP) is 1.69. The molecule has 1 saturated heterocycles. The molecule has 1 aromatic rings. The highest BCUT2D eigenvalue weighted by molar-refractivity contribution is 7.17. The van der Waals surface area contributed by atoms with Crippen LogP contribution in [0.2, 0.25) is 0 Å². The number of ether oxygens (including phenoxy) is 2. The van der Waals surface area contributed by atoms with Crippen LogP contribution in [0.5, 0.6) is 0 Å². The van der Waals surface area contributed by atoms with Crippen LogP contribution in [-0.2, 0) is 9.47 Å². The summed E-state index contributed by atoms with van der Waals surface area (Å²) in [6.07, 6.45) is 1.96. The van der Waals surface area contributed by atoms with Gasteiger partial charge in [-0.15, -0.1) is 0 Å². The first-order chi connectivity index (χ1) is 10.1. The molecule has 0 aliphatic carbocycles. The number of anilines is 1. The molecule has 2 rings (SSSR count). The van der Waals surface area contributed by atoms with Crippen molar-refractivity contribution < 1.29 is 14.3 Å². The number of aryl methyl sites for hydroxylation is 1. The number of carbonyl (C=O) groups is 1. The summed E-state index contributed by atoms with van der Waals surface area (Å²) in [4.78, 5) is 19.0. The zero-order valence-corrected chi connectivity index (χ0v) is 13.4. The second kappa shape index (κ2) is 7.72. The molecule has 0 radical (unpaired) electrons. The minimum absolute atomic E-state index is 0.0365. The summed E-state index contributed by atoms with van der Waals surface area (Å²) in [5, 5.41) is 0.449. The van der Waals surface area contributed by atoms with Crippen LogP contribution >= 0.6 is 11.3 Å². The van der Waals surface area contributed by atoms with Gasteiger partial charge in [0.1, 0.15) is 4.88 Å². The molecule has 0 spiro atoms. The van der Waals surface area contributed by atoms with Crippen molar-refractivity contribution in [2.45, 2.75) is 32.8 Å². The van der Waals surface area contributed by atoms with Crippen molar-refractivity contribution in [3.8, 4) is 0 Å². The molecule has 0 aromatic carbocycles. The maximum Gasteiger partial charge on any atom is 0.265 e. The molecule has 1 aliphatic rings. The van der Waals surface area contributed by atoms with E-state index >= 15 is 0 Å². The van der Waals surface area contributed by atoms with Crippen LogP contribution in [0.4, 0.5) is 5.13 Å². The van der Waals surface area contributed by atoms with Crippen molar-refractivity contribution >= 4 is 22.4 Å². The molecule has 0 atom stereocenters. The smallest absolute Gasteiger partial charge is 0.265 e. The summed E-state index contributed by atoms with van der Waals surface area (Å²) in [6, 6.07) is 0. The Morgan fingerprint density at radius 2 is 2.14 bits per heavy atom. The molecule has 1 amide bonds. The van der Waals surface area contributed by atoms with E-state index in [1.807, 2.05) is 18.7 Å². The van der Waals surface area contributed by atoms with Crippen molar-refractivity contribution in [1.82, 2.24) is 9.88 Å². The van der Waals surface area contributed by atoms with Gasteiger partial charge in [0.05, 0.1) is 25.0 Å². The SMILES string of the molecule is CCOCCOC1CCN(C(=O)c2sc(N)nc2C)CC1. The molecule has 0 unspecified atom stereocenters. The van der Waals surface area contributed by atoms with Gasteiger partial charge in [0.15, 0.2) is 5.13 Å². The van der Waals surface area contributed by atoms with Gasteiger partial charge in [-0.05, 0) is 26.7 Å².